The molecule has 0 saturated carbocycles. The van der Waals surface area contributed by atoms with Gasteiger partial charge in [-0.2, -0.15) is 0 Å². The fourth-order valence-electron chi connectivity index (χ4n) is 1.11. The summed E-state index contributed by atoms with van der Waals surface area (Å²) in [6.45, 7) is 4.58. The highest BCUT2D eigenvalue weighted by Crippen LogP contribution is 2.00. The smallest absolute Gasteiger partial charge is 0.328 e. The van der Waals surface area contributed by atoms with E-state index in [0.717, 1.165) is 11.3 Å². The van der Waals surface area contributed by atoms with Crippen LogP contribution in [0.4, 0.5) is 0 Å². The van der Waals surface area contributed by atoms with Crippen molar-refractivity contribution in [2.45, 2.75) is 20.4 Å². The van der Waals surface area contributed by atoms with Crippen LogP contribution in [0.2, 0.25) is 0 Å². The van der Waals surface area contributed by atoms with Crippen molar-refractivity contribution in [3.8, 4) is 0 Å². The lowest BCUT2D eigenvalue weighted by Gasteiger charge is -2.01. The Morgan fingerprint density at radius 1 is 1.73 bits per heavy atom. The van der Waals surface area contributed by atoms with Gasteiger partial charge in [0.2, 0.25) is 5.89 Å². The van der Waals surface area contributed by atoms with E-state index in [1.807, 2.05) is 6.92 Å². The fourth-order valence-corrected chi connectivity index (χ4v) is 1.11. The maximum atomic E-state index is 10.3. The molecule has 2 N–H and O–H groups in total. The SMILES string of the molecule is C/C(=C/C(=O)O)CNCc1ncc(C)o1. The summed E-state index contributed by atoms with van der Waals surface area (Å²) in [5, 5.41) is 11.5. The van der Waals surface area contributed by atoms with Crippen LogP contribution in [-0.2, 0) is 11.3 Å². The Morgan fingerprint density at radius 3 is 3.00 bits per heavy atom. The number of rotatable bonds is 5. The van der Waals surface area contributed by atoms with Gasteiger partial charge in [-0.05, 0) is 13.8 Å². The Bertz CT molecular complexity index is 368. The summed E-state index contributed by atoms with van der Waals surface area (Å²) in [6, 6.07) is 0. The molecule has 1 heterocycles. The zero-order valence-electron chi connectivity index (χ0n) is 8.78. The van der Waals surface area contributed by atoms with Crippen LogP contribution >= 0.6 is 0 Å². The zero-order valence-corrected chi connectivity index (χ0v) is 8.78. The van der Waals surface area contributed by atoms with Crippen molar-refractivity contribution in [1.82, 2.24) is 10.3 Å². The number of hydrogen-bond acceptors (Lipinski definition) is 4. The molecule has 0 radical (unpaired) electrons. The van der Waals surface area contributed by atoms with Crippen molar-refractivity contribution in [2.24, 2.45) is 0 Å². The number of aliphatic carboxylic acids is 1. The van der Waals surface area contributed by atoms with Crippen molar-refractivity contribution in [1.29, 1.82) is 0 Å². The number of nitrogens with zero attached hydrogens (tertiary/aromatic N) is 1. The minimum Gasteiger partial charge on any atom is -0.478 e. The Labute approximate surface area is 87.8 Å². The average Bonchev–Trinajstić information content (AvgIpc) is 2.50. The molecular formula is C10H14N2O3. The summed E-state index contributed by atoms with van der Waals surface area (Å²) < 4.78 is 5.24. The number of aryl methyl sites for hydroxylation is 1. The molecule has 82 valence electrons. The molecule has 0 amide bonds. The molecule has 15 heavy (non-hydrogen) atoms. The molecule has 0 aliphatic heterocycles. The van der Waals surface area contributed by atoms with Gasteiger partial charge in [-0.3, -0.25) is 0 Å². The van der Waals surface area contributed by atoms with Gasteiger partial charge in [0.25, 0.3) is 0 Å². The first-order valence-corrected chi connectivity index (χ1v) is 4.60. The van der Waals surface area contributed by atoms with Crippen LogP contribution in [0.5, 0.6) is 0 Å². The molecule has 0 bridgehead atoms. The van der Waals surface area contributed by atoms with Crippen LogP contribution in [0.1, 0.15) is 18.6 Å². The molecule has 0 aromatic carbocycles. The molecule has 1 aromatic rings. The summed E-state index contributed by atoms with van der Waals surface area (Å²) in [6.07, 6.45) is 2.82. The summed E-state index contributed by atoms with van der Waals surface area (Å²) in [4.78, 5) is 14.3. The maximum absolute atomic E-state index is 10.3. The standard InChI is InChI=1S/C10H14N2O3/c1-7(3-10(13)14)4-11-6-9-12-5-8(2)15-9/h3,5,11H,4,6H2,1-2H3,(H,13,14)/b7-3-. The third-order valence-corrected chi connectivity index (χ3v) is 1.72. The van der Waals surface area contributed by atoms with E-state index in [1.54, 1.807) is 13.1 Å². The van der Waals surface area contributed by atoms with E-state index < -0.39 is 5.97 Å². The summed E-state index contributed by atoms with van der Waals surface area (Å²) in [5.74, 6) is 0.446. The van der Waals surface area contributed by atoms with Gasteiger partial charge in [-0.25, -0.2) is 9.78 Å². The average molecular weight is 210 g/mol. The van der Waals surface area contributed by atoms with Crippen LogP contribution in [0.15, 0.2) is 22.3 Å². The predicted octanol–water partition coefficient (Wildman–Crippen LogP) is 1.10. The Balaban J connectivity index is 2.30. The first kappa shape index (κ1) is 11.5. The third-order valence-electron chi connectivity index (χ3n) is 1.72. The van der Waals surface area contributed by atoms with Crippen molar-refractivity contribution < 1.29 is 14.3 Å². The monoisotopic (exact) mass is 210 g/mol. The fraction of sp³-hybridized carbons (Fsp3) is 0.400. The Morgan fingerprint density at radius 2 is 2.47 bits per heavy atom. The van der Waals surface area contributed by atoms with Gasteiger partial charge < -0.3 is 14.8 Å². The van der Waals surface area contributed by atoms with Gasteiger partial charge in [0.1, 0.15) is 5.76 Å². The normalized spacial score (nSPS) is 11.7. The summed E-state index contributed by atoms with van der Waals surface area (Å²) in [5.41, 5.74) is 0.755. The van der Waals surface area contributed by atoms with Gasteiger partial charge in [0.05, 0.1) is 12.7 Å². The van der Waals surface area contributed by atoms with E-state index in [2.05, 4.69) is 10.3 Å². The summed E-state index contributed by atoms with van der Waals surface area (Å²) in [7, 11) is 0. The van der Waals surface area contributed by atoms with Crippen LogP contribution in [0, 0.1) is 6.92 Å². The number of carbonyl (C=O) groups is 1. The van der Waals surface area contributed by atoms with Crippen LogP contribution in [-0.4, -0.2) is 22.6 Å². The van der Waals surface area contributed by atoms with E-state index >= 15 is 0 Å². The second-order valence-corrected chi connectivity index (χ2v) is 3.30. The molecule has 5 nitrogen and oxygen atoms in total. The molecular weight excluding hydrogens is 196 g/mol. The van der Waals surface area contributed by atoms with Crippen molar-refractivity contribution in [2.75, 3.05) is 6.54 Å². The van der Waals surface area contributed by atoms with Crippen molar-refractivity contribution >= 4 is 5.97 Å². The van der Waals surface area contributed by atoms with Crippen LogP contribution in [0.25, 0.3) is 0 Å². The van der Waals surface area contributed by atoms with Crippen molar-refractivity contribution in [3.63, 3.8) is 0 Å². The lowest BCUT2D eigenvalue weighted by Crippen LogP contribution is -2.16. The number of aromatic nitrogens is 1. The molecule has 0 unspecified atom stereocenters. The molecule has 0 aliphatic rings. The van der Waals surface area contributed by atoms with Crippen molar-refractivity contribution in [3.05, 3.63) is 29.5 Å². The largest absolute Gasteiger partial charge is 0.478 e. The zero-order chi connectivity index (χ0) is 11.3. The Hall–Kier alpha value is -1.62. The number of hydrogen-bond donors (Lipinski definition) is 2. The lowest BCUT2D eigenvalue weighted by atomic mass is 10.3. The minimum absolute atomic E-state index is 0.499. The van der Waals surface area contributed by atoms with E-state index in [-0.39, 0.29) is 0 Å². The van der Waals surface area contributed by atoms with E-state index in [4.69, 9.17) is 9.52 Å². The highest BCUT2D eigenvalue weighted by Gasteiger charge is 2.00. The van der Waals surface area contributed by atoms with Gasteiger partial charge in [0, 0.05) is 12.6 Å². The van der Waals surface area contributed by atoms with Gasteiger partial charge >= 0.3 is 5.97 Å². The number of nitrogens with one attached hydrogen (secondary N) is 1. The molecule has 0 aliphatic carbocycles. The molecule has 1 aromatic heterocycles. The second-order valence-electron chi connectivity index (χ2n) is 3.30. The minimum atomic E-state index is -0.929. The third kappa shape index (κ3) is 4.42. The van der Waals surface area contributed by atoms with Crippen LogP contribution < -0.4 is 5.32 Å². The second kappa shape index (κ2) is 5.31. The molecule has 0 spiro atoms. The van der Waals surface area contributed by atoms with E-state index in [9.17, 15) is 4.79 Å². The molecule has 1 rings (SSSR count). The predicted molar refractivity (Wildman–Crippen MR) is 54.3 cm³/mol. The highest BCUT2D eigenvalue weighted by atomic mass is 16.4. The van der Waals surface area contributed by atoms with Crippen LogP contribution in [0.3, 0.4) is 0 Å². The number of carboxylic acids is 1. The molecule has 0 atom stereocenters. The van der Waals surface area contributed by atoms with Gasteiger partial charge in [0.15, 0.2) is 0 Å². The number of carboxylic acid groups (broad SMARTS) is 1. The first-order chi connectivity index (χ1) is 7.08. The topological polar surface area (TPSA) is 75.4 Å². The first-order valence-electron chi connectivity index (χ1n) is 4.60. The Kier molecular flexibility index (Phi) is 4.05. The molecule has 0 saturated heterocycles. The van der Waals surface area contributed by atoms with Gasteiger partial charge in [-0.1, -0.05) is 5.57 Å². The summed E-state index contributed by atoms with van der Waals surface area (Å²) >= 11 is 0. The molecule has 5 heteroatoms. The maximum Gasteiger partial charge on any atom is 0.328 e. The van der Waals surface area contributed by atoms with Gasteiger partial charge in [-0.15, -0.1) is 0 Å². The quantitative estimate of drug-likeness (QED) is 0.712. The van der Waals surface area contributed by atoms with E-state index in [1.165, 1.54) is 6.08 Å². The highest BCUT2D eigenvalue weighted by molar-refractivity contribution is 5.80. The molecule has 0 fully saturated rings. The lowest BCUT2D eigenvalue weighted by molar-refractivity contribution is -0.131. The van der Waals surface area contributed by atoms with E-state index in [0.29, 0.717) is 19.0 Å². The number of oxazole rings is 1.